The van der Waals surface area contributed by atoms with Gasteiger partial charge in [0.1, 0.15) is 11.3 Å². The summed E-state index contributed by atoms with van der Waals surface area (Å²) < 4.78 is 5.04. The molecule has 0 aliphatic carbocycles. The molecule has 0 saturated carbocycles. The molecule has 1 fully saturated rings. The van der Waals surface area contributed by atoms with Crippen molar-refractivity contribution in [2.24, 2.45) is 0 Å². The van der Waals surface area contributed by atoms with Crippen LogP contribution in [0.4, 0.5) is 9.59 Å². The normalized spacial score (nSPS) is 14.1. The van der Waals surface area contributed by atoms with Crippen LogP contribution in [0.3, 0.4) is 0 Å². The summed E-state index contributed by atoms with van der Waals surface area (Å²) in [5.41, 5.74) is 6.39. The lowest BCUT2D eigenvalue weighted by molar-refractivity contribution is 0.0504. The van der Waals surface area contributed by atoms with Gasteiger partial charge in [-0.1, -0.05) is 18.1 Å². The minimum absolute atomic E-state index is 0.307. The number of benzene rings is 1. The van der Waals surface area contributed by atoms with E-state index in [1.165, 1.54) is 5.01 Å². The zero-order valence-electron chi connectivity index (χ0n) is 18.6. The van der Waals surface area contributed by atoms with Crippen molar-refractivity contribution >= 4 is 23.5 Å². The number of amides is 3. The zero-order chi connectivity index (χ0) is 23.0. The number of ether oxygens (including phenoxy) is 1. The van der Waals surface area contributed by atoms with Crippen molar-refractivity contribution in [1.29, 1.82) is 0 Å². The van der Waals surface area contributed by atoms with E-state index in [-0.39, 0.29) is 0 Å². The molecule has 3 amide bonds. The number of hydrogen-bond acceptors (Lipinski definition) is 6. The second kappa shape index (κ2) is 11.0. The Kier molecular flexibility index (Phi) is 8.09. The number of hydrazine groups is 1. The molecule has 2 aromatic rings. The molecule has 8 nitrogen and oxygen atoms in total. The highest BCUT2D eigenvalue weighted by Gasteiger charge is 2.18. The molecular formula is C23H29N5O3S. The molecule has 1 saturated heterocycles. The molecule has 0 spiro atoms. The van der Waals surface area contributed by atoms with E-state index in [0.717, 1.165) is 42.8 Å². The highest BCUT2D eigenvalue weighted by molar-refractivity contribution is 7.09. The van der Waals surface area contributed by atoms with E-state index in [1.807, 2.05) is 29.6 Å². The van der Waals surface area contributed by atoms with Gasteiger partial charge in [-0.15, -0.1) is 11.3 Å². The summed E-state index contributed by atoms with van der Waals surface area (Å²) in [6.45, 7) is 7.63. The summed E-state index contributed by atoms with van der Waals surface area (Å²) in [6.07, 6.45) is 1.54. The van der Waals surface area contributed by atoms with Crippen LogP contribution in [-0.4, -0.2) is 35.8 Å². The van der Waals surface area contributed by atoms with E-state index >= 15 is 0 Å². The van der Waals surface area contributed by atoms with Crippen LogP contribution in [0.15, 0.2) is 29.6 Å². The first-order valence-corrected chi connectivity index (χ1v) is 11.5. The van der Waals surface area contributed by atoms with Gasteiger partial charge in [0, 0.05) is 23.4 Å². The van der Waals surface area contributed by atoms with E-state index in [2.05, 4.69) is 38.3 Å². The highest BCUT2D eigenvalue weighted by Crippen LogP contribution is 2.27. The molecule has 1 aromatic heterocycles. The Balaban J connectivity index is 1.44. The summed E-state index contributed by atoms with van der Waals surface area (Å²) in [4.78, 5) is 28.0. The van der Waals surface area contributed by atoms with Crippen LogP contribution >= 0.6 is 11.3 Å². The average Bonchev–Trinajstić information content (AvgIpc) is 3.24. The molecule has 32 heavy (non-hydrogen) atoms. The smallest absolute Gasteiger partial charge is 0.426 e. The Hall–Kier alpha value is -3.09. The van der Waals surface area contributed by atoms with Crippen molar-refractivity contribution in [3.05, 3.63) is 51.5 Å². The molecule has 3 rings (SSSR count). The number of nitrogens with one attached hydrogen (secondary N) is 4. The lowest BCUT2D eigenvalue weighted by Crippen LogP contribution is -2.48. The van der Waals surface area contributed by atoms with Gasteiger partial charge >= 0.3 is 12.1 Å². The Morgan fingerprint density at radius 2 is 1.88 bits per heavy atom. The fourth-order valence-electron chi connectivity index (χ4n) is 3.08. The molecule has 0 bridgehead atoms. The van der Waals surface area contributed by atoms with Crippen molar-refractivity contribution in [3.8, 4) is 11.8 Å². The number of urea groups is 1. The maximum Gasteiger partial charge on any atom is 0.426 e. The SMILES string of the molecule is CC(C)(C)OC(=O)NNC(=O)NCc1ccc(C#Cc2csc(C3CCNCC3)n2)cc1. The van der Waals surface area contributed by atoms with Crippen LogP contribution in [0.1, 0.15) is 61.4 Å². The third kappa shape index (κ3) is 7.87. The lowest BCUT2D eigenvalue weighted by Gasteiger charge is -2.20. The summed E-state index contributed by atoms with van der Waals surface area (Å²) in [5, 5.41) is 9.23. The van der Waals surface area contributed by atoms with Gasteiger partial charge in [-0.3, -0.25) is 0 Å². The summed E-state index contributed by atoms with van der Waals surface area (Å²) >= 11 is 1.69. The number of piperidine rings is 1. The predicted molar refractivity (Wildman–Crippen MR) is 124 cm³/mol. The summed E-state index contributed by atoms with van der Waals surface area (Å²) in [7, 11) is 0. The van der Waals surface area contributed by atoms with Gasteiger partial charge in [0.25, 0.3) is 0 Å². The van der Waals surface area contributed by atoms with Gasteiger partial charge in [-0.05, 0) is 70.3 Å². The van der Waals surface area contributed by atoms with Crippen molar-refractivity contribution in [2.75, 3.05) is 13.1 Å². The Labute approximate surface area is 192 Å². The number of carbonyl (C=O) groups excluding carboxylic acids is 2. The quantitative estimate of drug-likeness (QED) is 0.420. The van der Waals surface area contributed by atoms with E-state index < -0.39 is 17.7 Å². The lowest BCUT2D eigenvalue weighted by atomic mass is 9.99. The third-order valence-corrected chi connectivity index (χ3v) is 5.64. The van der Waals surface area contributed by atoms with Crippen LogP contribution in [0.5, 0.6) is 0 Å². The second-order valence-electron chi connectivity index (χ2n) is 8.48. The Morgan fingerprint density at radius 1 is 1.16 bits per heavy atom. The average molecular weight is 456 g/mol. The van der Waals surface area contributed by atoms with Gasteiger partial charge in [0.05, 0.1) is 5.01 Å². The van der Waals surface area contributed by atoms with Gasteiger partial charge < -0.3 is 15.4 Å². The Bertz CT molecular complexity index is 980. The van der Waals surface area contributed by atoms with E-state index in [4.69, 9.17) is 4.74 Å². The van der Waals surface area contributed by atoms with Crippen LogP contribution in [-0.2, 0) is 11.3 Å². The fourth-order valence-corrected chi connectivity index (χ4v) is 4.00. The first kappa shape index (κ1) is 23.6. The highest BCUT2D eigenvalue weighted by atomic mass is 32.1. The monoisotopic (exact) mass is 455 g/mol. The van der Waals surface area contributed by atoms with Gasteiger partial charge in [0.15, 0.2) is 0 Å². The number of rotatable bonds is 3. The summed E-state index contributed by atoms with van der Waals surface area (Å²) in [6, 6.07) is 7.06. The number of aromatic nitrogens is 1. The molecule has 0 radical (unpaired) electrons. The molecule has 1 aliphatic rings. The topological polar surface area (TPSA) is 104 Å². The molecular weight excluding hydrogens is 426 g/mol. The van der Waals surface area contributed by atoms with E-state index in [9.17, 15) is 9.59 Å². The van der Waals surface area contributed by atoms with Crippen molar-refractivity contribution < 1.29 is 14.3 Å². The van der Waals surface area contributed by atoms with Crippen LogP contribution in [0.2, 0.25) is 0 Å². The van der Waals surface area contributed by atoms with Crippen LogP contribution in [0, 0.1) is 11.8 Å². The number of thiazole rings is 1. The summed E-state index contributed by atoms with van der Waals surface area (Å²) in [5.74, 6) is 6.82. The molecule has 0 atom stereocenters. The first-order chi connectivity index (χ1) is 15.3. The molecule has 0 unspecified atom stereocenters. The standard InChI is InChI=1S/C23H29N5O3S/c1-23(2,3)31-22(30)28-27-21(29)25-14-17-6-4-16(5-7-17)8-9-19-15-32-20(26-19)18-10-12-24-13-11-18/h4-7,15,18,24H,10-14H2,1-3H3,(H,28,30)(H2,25,27,29). The van der Waals surface area contributed by atoms with E-state index in [0.29, 0.717) is 12.5 Å². The predicted octanol–water partition coefficient (Wildman–Crippen LogP) is 3.25. The minimum Gasteiger partial charge on any atom is -0.443 e. The maximum atomic E-state index is 11.8. The molecule has 170 valence electrons. The second-order valence-corrected chi connectivity index (χ2v) is 9.37. The van der Waals surface area contributed by atoms with Gasteiger partial charge in [-0.25, -0.2) is 25.4 Å². The maximum absolute atomic E-state index is 11.8. The van der Waals surface area contributed by atoms with Crippen molar-refractivity contribution in [2.45, 2.75) is 51.7 Å². The van der Waals surface area contributed by atoms with Crippen LogP contribution < -0.4 is 21.5 Å². The van der Waals surface area contributed by atoms with Gasteiger partial charge in [-0.2, -0.15) is 0 Å². The van der Waals surface area contributed by atoms with Gasteiger partial charge in [0.2, 0.25) is 0 Å². The number of hydrogen-bond donors (Lipinski definition) is 4. The molecule has 1 aliphatic heterocycles. The molecule has 9 heteroatoms. The minimum atomic E-state index is -0.724. The Morgan fingerprint density at radius 3 is 2.56 bits per heavy atom. The largest absolute Gasteiger partial charge is 0.443 e. The zero-order valence-corrected chi connectivity index (χ0v) is 19.4. The fraction of sp³-hybridized carbons (Fsp3) is 0.435. The molecule has 2 heterocycles. The number of carbonyl (C=O) groups is 2. The number of nitrogens with zero attached hydrogens (tertiary/aromatic N) is 1. The molecule has 4 N–H and O–H groups in total. The van der Waals surface area contributed by atoms with Crippen molar-refractivity contribution in [1.82, 2.24) is 26.5 Å². The third-order valence-electron chi connectivity index (χ3n) is 4.63. The van der Waals surface area contributed by atoms with E-state index in [1.54, 1.807) is 32.1 Å². The molecule has 1 aromatic carbocycles. The van der Waals surface area contributed by atoms with Crippen LogP contribution in [0.25, 0.3) is 0 Å². The van der Waals surface area contributed by atoms with Crippen molar-refractivity contribution in [3.63, 3.8) is 0 Å². The first-order valence-electron chi connectivity index (χ1n) is 10.6.